The summed E-state index contributed by atoms with van der Waals surface area (Å²) in [6.45, 7) is 6.87. The Kier molecular flexibility index (Phi) is 4.55. The smallest absolute Gasteiger partial charge is 0.259 e. The number of amides is 1. The standard InChI is InChI=1S/C22H21FN4O/c1-13(2)12-27-21-17(11-15-10-14(3)8-9-19(15)24-21)20(26-27)25-22(28)16-6-4-5-7-18(16)23/h4-11,13H,12H2,1-3H3,(H,25,26,28). The molecule has 142 valence electrons. The minimum absolute atomic E-state index is 0.0151. The second-order valence-corrected chi connectivity index (χ2v) is 7.41. The minimum Gasteiger partial charge on any atom is -0.304 e. The van der Waals surface area contributed by atoms with Crippen LogP contribution in [0.4, 0.5) is 10.2 Å². The molecule has 5 nitrogen and oxygen atoms in total. The molecule has 2 aromatic heterocycles. The van der Waals surface area contributed by atoms with Crippen molar-refractivity contribution in [3.8, 4) is 0 Å². The monoisotopic (exact) mass is 376 g/mol. The van der Waals surface area contributed by atoms with Crippen molar-refractivity contribution < 1.29 is 9.18 Å². The van der Waals surface area contributed by atoms with Gasteiger partial charge in [0.25, 0.3) is 5.91 Å². The lowest BCUT2D eigenvalue weighted by molar-refractivity contribution is 0.102. The molecule has 28 heavy (non-hydrogen) atoms. The number of benzene rings is 2. The lowest BCUT2D eigenvalue weighted by Crippen LogP contribution is -2.15. The molecular weight excluding hydrogens is 355 g/mol. The number of hydrogen-bond acceptors (Lipinski definition) is 3. The lowest BCUT2D eigenvalue weighted by atomic mass is 10.1. The van der Waals surface area contributed by atoms with Gasteiger partial charge >= 0.3 is 0 Å². The van der Waals surface area contributed by atoms with Gasteiger partial charge in [-0.15, -0.1) is 0 Å². The largest absolute Gasteiger partial charge is 0.304 e. The van der Waals surface area contributed by atoms with E-state index in [-0.39, 0.29) is 5.56 Å². The van der Waals surface area contributed by atoms with E-state index in [0.717, 1.165) is 21.9 Å². The zero-order valence-electron chi connectivity index (χ0n) is 16.0. The van der Waals surface area contributed by atoms with Crippen LogP contribution in [0.3, 0.4) is 0 Å². The topological polar surface area (TPSA) is 59.8 Å². The number of hydrogen-bond donors (Lipinski definition) is 1. The van der Waals surface area contributed by atoms with Gasteiger partial charge in [0.05, 0.1) is 16.5 Å². The molecule has 0 bridgehead atoms. The van der Waals surface area contributed by atoms with E-state index in [4.69, 9.17) is 4.98 Å². The van der Waals surface area contributed by atoms with E-state index in [0.29, 0.717) is 23.9 Å². The molecule has 0 fully saturated rings. The first-order valence-electron chi connectivity index (χ1n) is 9.26. The molecule has 0 aliphatic carbocycles. The molecule has 4 aromatic rings. The summed E-state index contributed by atoms with van der Waals surface area (Å²) in [5.41, 5.74) is 2.68. The molecule has 0 atom stereocenters. The molecule has 2 heterocycles. The van der Waals surface area contributed by atoms with Crippen LogP contribution in [-0.4, -0.2) is 20.7 Å². The number of carbonyl (C=O) groups excluding carboxylic acids is 1. The number of nitrogens with zero attached hydrogens (tertiary/aromatic N) is 3. The van der Waals surface area contributed by atoms with Crippen molar-refractivity contribution in [2.75, 3.05) is 5.32 Å². The highest BCUT2D eigenvalue weighted by Crippen LogP contribution is 2.27. The van der Waals surface area contributed by atoms with Gasteiger partial charge in [-0.05, 0) is 43.2 Å². The van der Waals surface area contributed by atoms with Crippen molar-refractivity contribution >= 4 is 33.7 Å². The molecule has 0 radical (unpaired) electrons. The Morgan fingerprint density at radius 1 is 1.18 bits per heavy atom. The Morgan fingerprint density at radius 2 is 1.96 bits per heavy atom. The van der Waals surface area contributed by atoms with Crippen molar-refractivity contribution in [1.82, 2.24) is 14.8 Å². The lowest BCUT2D eigenvalue weighted by Gasteiger charge is -2.06. The highest BCUT2D eigenvalue weighted by molar-refractivity contribution is 6.09. The van der Waals surface area contributed by atoms with E-state index in [1.165, 1.54) is 12.1 Å². The third kappa shape index (κ3) is 3.33. The van der Waals surface area contributed by atoms with Crippen LogP contribution in [0.25, 0.3) is 21.9 Å². The molecule has 1 N–H and O–H groups in total. The van der Waals surface area contributed by atoms with Gasteiger partial charge in [0.1, 0.15) is 5.82 Å². The van der Waals surface area contributed by atoms with E-state index >= 15 is 0 Å². The number of aromatic nitrogens is 3. The Balaban J connectivity index is 1.84. The Hall–Kier alpha value is -3.28. The number of halogens is 1. The highest BCUT2D eigenvalue weighted by Gasteiger charge is 2.18. The third-order valence-electron chi connectivity index (χ3n) is 4.56. The first-order chi connectivity index (χ1) is 13.4. The molecular formula is C22H21FN4O. The molecule has 0 aliphatic heterocycles. The van der Waals surface area contributed by atoms with E-state index < -0.39 is 11.7 Å². The summed E-state index contributed by atoms with van der Waals surface area (Å²) < 4.78 is 15.8. The van der Waals surface area contributed by atoms with Gasteiger partial charge in [0.15, 0.2) is 11.5 Å². The number of carbonyl (C=O) groups is 1. The number of fused-ring (bicyclic) bond motifs is 2. The van der Waals surface area contributed by atoms with Gasteiger partial charge in [-0.2, -0.15) is 5.10 Å². The van der Waals surface area contributed by atoms with Crippen LogP contribution in [0.15, 0.2) is 48.5 Å². The normalized spacial score (nSPS) is 11.5. The van der Waals surface area contributed by atoms with Crippen molar-refractivity contribution in [2.24, 2.45) is 5.92 Å². The van der Waals surface area contributed by atoms with Gasteiger partial charge in [-0.3, -0.25) is 4.79 Å². The van der Waals surface area contributed by atoms with Crippen LogP contribution < -0.4 is 5.32 Å². The average Bonchev–Trinajstić information content (AvgIpc) is 2.96. The fraction of sp³-hybridized carbons (Fsp3) is 0.227. The average molecular weight is 376 g/mol. The summed E-state index contributed by atoms with van der Waals surface area (Å²) in [6, 6.07) is 13.9. The summed E-state index contributed by atoms with van der Waals surface area (Å²) in [5.74, 6) is -0.350. The van der Waals surface area contributed by atoms with Crippen molar-refractivity contribution in [3.05, 3.63) is 65.5 Å². The SMILES string of the molecule is Cc1ccc2nc3c(cc2c1)c(NC(=O)c1ccccc1F)nn3CC(C)C. The van der Waals surface area contributed by atoms with Crippen molar-refractivity contribution in [2.45, 2.75) is 27.3 Å². The number of anilines is 1. The summed E-state index contributed by atoms with van der Waals surface area (Å²) in [6.07, 6.45) is 0. The fourth-order valence-electron chi connectivity index (χ4n) is 3.26. The Bertz CT molecular complexity index is 1200. The van der Waals surface area contributed by atoms with Gasteiger partial charge < -0.3 is 5.32 Å². The van der Waals surface area contributed by atoms with Crippen LogP contribution in [0.5, 0.6) is 0 Å². The maximum absolute atomic E-state index is 14.0. The Morgan fingerprint density at radius 3 is 2.71 bits per heavy atom. The van der Waals surface area contributed by atoms with Crippen molar-refractivity contribution in [3.63, 3.8) is 0 Å². The molecule has 6 heteroatoms. The maximum atomic E-state index is 14.0. The highest BCUT2D eigenvalue weighted by atomic mass is 19.1. The first kappa shape index (κ1) is 18.1. The predicted octanol–water partition coefficient (Wildman–Crippen LogP) is 4.94. The van der Waals surface area contributed by atoms with Gasteiger partial charge in [-0.25, -0.2) is 14.1 Å². The molecule has 0 spiro atoms. The zero-order valence-corrected chi connectivity index (χ0v) is 16.0. The van der Waals surface area contributed by atoms with E-state index in [9.17, 15) is 9.18 Å². The first-order valence-corrected chi connectivity index (χ1v) is 9.26. The van der Waals surface area contributed by atoms with Crippen LogP contribution in [0, 0.1) is 18.7 Å². The Labute approximate surface area is 162 Å². The molecule has 0 aliphatic rings. The maximum Gasteiger partial charge on any atom is 0.259 e. The van der Waals surface area contributed by atoms with Gasteiger partial charge in [-0.1, -0.05) is 37.6 Å². The van der Waals surface area contributed by atoms with E-state index in [1.54, 1.807) is 16.8 Å². The van der Waals surface area contributed by atoms with Crippen LogP contribution in [0.1, 0.15) is 29.8 Å². The quantitative estimate of drug-likeness (QED) is 0.549. The summed E-state index contributed by atoms with van der Waals surface area (Å²) in [7, 11) is 0. The van der Waals surface area contributed by atoms with Gasteiger partial charge in [0.2, 0.25) is 0 Å². The predicted molar refractivity (Wildman–Crippen MR) is 109 cm³/mol. The second kappa shape index (κ2) is 7.03. The van der Waals surface area contributed by atoms with E-state index in [2.05, 4.69) is 24.3 Å². The fourth-order valence-corrected chi connectivity index (χ4v) is 3.26. The number of aryl methyl sites for hydroxylation is 1. The minimum atomic E-state index is -0.565. The number of nitrogens with one attached hydrogen (secondary N) is 1. The number of pyridine rings is 1. The van der Waals surface area contributed by atoms with Crippen LogP contribution in [-0.2, 0) is 6.54 Å². The van der Waals surface area contributed by atoms with Crippen molar-refractivity contribution in [1.29, 1.82) is 0 Å². The third-order valence-corrected chi connectivity index (χ3v) is 4.56. The number of rotatable bonds is 4. The molecule has 0 saturated carbocycles. The summed E-state index contributed by atoms with van der Waals surface area (Å²) in [5, 5.41) is 9.04. The molecule has 0 unspecified atom stereocenters. The van der Waals surface area contributed by atoms with E-state index in [1.807, 2.05) is 31.2 Å². The molecule has 2 aromatic carbocycles. The van der Waals surface area contributed by atoms with Gasteiger partial charge in [0, 0.05) is 11.9 Å². The second-order valence-electron chi connectivity index (χ2n) is 7.41. The summed E-state index contributed by atoms with van der Waals surface area (Å²) >= 11 is 0. The van der Waals surface area contributed by atoms with Crippen LogP contribution >= 0.6 is 0 Å². The molecule has 1 amide bonds. The molecule has 4 rings (SSSR count). The zero-order chi connectivity index (χ0) is 19.8. The molecule has 0 saturated heterocycles. The van der Waals surface area contributed by atoms with Crippen LogP contribution in [0.2, 0.25) is 0 Å². The summed E-state index contributed by atoms with van der Waals surface area (Å²) in [4.78, 5) is 17.4.